The van der Waals surface area contributed by atoms with E-state index < -0.39 is 45.9 Å². The Morgan fingerprint density at radius 2 is 1.71 bits per heavy atom. The highest BCUT2D eigenvalue weighted by Gasteiger charge is 2.69. The fourth-order valence-electron chi connectivity index (χ4n) is 8.32. The van der Waals surface area contributed by atoms with Gasteiger partial charge < -0.3 is 30.6 Å². The van der Waals surface area contributed by atoms with Crippen LogP contribution in [0.25, 0.3) is 0 Å². The monoisotopic (exact) mass is 480 g/mol. The molecular weight excluding hydrogens is 436 g/mol. The van der Waals surface area contributed by atoms with Crippen LogP contribution in [0.2, 0.25) is 0 Å². The predicted octanol–water partition coefficient (Wildman–Crippen LogP) is 1.85. The molecule has 2 unspecified atom stereocenters. The summed E-state index contributed by atoms with van der Waals surface area (Å²) in [7, 11) is 0. The Morgan fingerprint density at radius 1 is 1.06 bits per heavy atom. The van der Waals surface area contributed by atoms with E-state index in [4.69, 9.17) is 0 Å². The lowest BCUT2D eigenvalue weighted by Gasteiger charge is -2.60. The standard InChI is InChI=1S/C27H44O7/c1-23(2,32)9-8-22(31)26(5,33)21-7-11-27(34)16-12-18(28)17-13-19(29)20(30)14-24(17,3)15(16)6-10-25(21,27)4/h12,15,17,19-22,29-34H,6-11,13-14H2,1-5H3/t15-,17-,19+,20-,21?,22?,24+,25+,26+,27+/m0/s1. The van der Waals surface area contributed by atoms with Gasteiger partial charge in [0.25, 0.3) is 0 Å². The maximum absolute atomic E-state index is 13.2. The maximum Gasteiger partial charge on any atom is 0.159 e. The molecule has 34 heavy (non-hydrogen) atoms. The Labute approximate surface area is 202 Å². The summed E-state index contributed by atoms with van der Waals surface area (Å²) in [6, 6.07) is 0. The van der Waals surface area contributed by atoms with Gasteiger partial charge in [-0.15, -0.1) is 0 Å². The quantitative estimate of drug-likeness (QED) is 0.353. The van der Waals surface area contributed by atoms with E-state index in [0.29, 0.717) is 44.1 Å². The summed E-state index contributed by atoms with van der Waals surface area (Å²) in [5.41, 5.74) is -4.27. The van der Waals surface area contributed by atoms with Crippen molar-refractivity contribution in [2.24, 2.45) is 28.6 Å². The number of aliphatic hydroxyl groups is 6. The van der Waals surface area contributed by atoms with Crippen LogP contribution in [0.1, 0.15) is 86.0 Å². The Morgan fingerprint density at radius 3 is 2.32 bits per heavy atom. The zero-order chi connectivity index (χ0) is 25.5. The average Bonchev–Trinajstić information content (AvgIpc) is 3.00. The number of allylic oxidation sites excluding steroid dienone is 1. The Bertz CT molecular complexity index is 860. The van der Waals surface area contributed by atoms with Crippen molar-refractivity contribution < 1.29 is 35.4 Å². The molecule has 3 fully saturated rings. The Kier molecular flexibility index (Phi) is 6.24. The molecule has 0 aromatic rings. The summed E-state index contributed by atoms with van der Waals surface area (Å²) in [4.78, 5) is 13.2. The molecule has 0 radical (unpaired) electrons. The van der Waals surface area contributed by atoms with Crippen LogP contribution in [0.5, 0.6) is 0 Å². The van der Waals surface area contributed by atoms with Gasteiger partial charge in [-0.05, 0) is 101 Å². The molecule has 3 saturated carbocycles. The number of aliphatic hydroxyl groups excluding tert-OH is 3. The molecule has 6 N–H and O–H groups in total. The third kappa shape index (κ3) is 3.73. The minimum absolute atomic E-state index is 0.0840. The molecule has 0 heterocycles. The summed E-state index contributed by atoms with van der Waals surface area (Å²) >= 11 is 0. The van der Waals surface area contributed by atoms with Gasteiger partial charge in [-0.25, -0.2) is 0 Å². The molecule has 0 spiro atoms. The van der Waals surface area contributed by atoms with Gasteiger partial charge in [-0.2, -0.15) is 0 Å². The summed E-state index contributed by atoms with van der Waals surface area (Å²) in [6.07, 6.45) is 2.11. The van der Waals surface area contributed by atoms with Gasteiger partial charge in [0.15, 0.2) is 5.78 Å². The molecule has 0 aromatic carbocycles. The van der Waals surface area contributed by atoms with E-state index in [1.165, 1.54) is 0 Å². The van der Waals surface area contributed by atoms with Gasteiger partial charge in [-0.3, -0.25) is 4.79 Å². The topological polar surface area (TPSA) is 138 Å². The van der Waals surface area contributed by atoms with Gasteiger partial charge >= 0.3 is 0 Å². The van der Waals surface area contributed by atoms with Crippen LogP contribution in [0, 0.1) is 28.6 Å². The maximum atomic E-state index is 13.2. The number of carbonyl (C=O) groups is 1. The third-order valence-corrected chi connectivity index (χ3v) is 10.5. The molecule has 0 aromatic heterocycles. The van der Waals surface area contributed by atoms with E-state index in [9.17, 15) is 35.4 Å². The van der Waals surface area contributed by atoms with Crippen LogP contribution in [0.3, 0.4) is 0 Å². The van der Waals surface area contributed by atoms with Crippen molar-refractivity contribution in [3.8, 4) is 0 Å². The molecule has 10 atom stereocenters. The van der Waals surface area contributed by atoms with Gasteiger partial charge in [-0.1, -0.05) is 13.8 Å². The molecule has 4 rings (SSSR count). The first-order valence-corrected chi connectivity index (χ1v) is 12.9. The first-order valence-electron chi connectivity index (χ1n) is 12.9. The third-order valence-electron chi connectivity index (χ3n) is 10.5. The fraction of sp³-hybridized carbons (Fsp3) is 0.889. The van der Waals surface area contributed by atoms with Crippen LogP contribution < -0.4 is 0 Å². The summed E-state index contributed by atoms with van der Waals surface area (Å²) in [5, 5.41) is 65.5. The van der Waals surface area contributed by atoms with Crippen molar-refractivity contribution in [3.05, 3.63) is 11.6 Å². The number of carbonyl (C=O) groups excluding carboxylic acids is 1. The zero-order valence-corrected chi connectivity index (χ0v) is 21.3. The molecule has 194 valence electrons. The van der Waals surface area contributed by atoms with Crippen molar-refractivity contribution >= 4 is 5.78 Å². The lowest BCUT2D eigenvalue weighted by atomic mass is 9.45. The molecule has 4 aliphatic rings. The minimum Gasteiger partial charge on any atom is -0.390 e. The molecule has 7 heteroatoms. The second-order valence-corrected chi connectivity index (χ2v) is 13.2. The lowest BCUT2D eigenvalue weighted by Crippen LogP contribution is -2.62. The van der Waals surface area contributed by atoms with Crippen LogP contribution in [0.15, 0.2) is 11.6 Å². The summed E-state index contributed by atoms with van der Waals surface area (Å²) < 4.78 is 0. The largest absolute Gasteiger partial charge is 0.390 e. The van der Waals surface area contributed by atoms with Crippen molar-refractivity contribution in [2.75, 3.05) is 0 Å². The second kappa shape index (κ2) is 8.09. The van der Waals surface area contributed by atoms with E-state index in [0.717, 1.165) is 0 Å². The Hall–Kier alpha value is -0.830. The van der Waals surface area contributed by atoms with Crippen LogP contribution in [-0.2, 0) is 4.79 Å². The number of hydrogen-bond acceptors (Lipinski definition) is 7. The first-order chi connectivity index (χ1) is 15.5. The molecule has 4 aliphatic carbocycles. The molecule has 7 nitrogen and oxygen atoms in total. The van der Waals surface area contributed by atoms with Crippen molar-refractivity contribution in [3.63, 3.8) is 0 Å². The number of fused-ring (bicyclic) bond motifs is 5. The van der Waals surface area contributed by atoms with E-state index >= 15 is 0 Å². The number of ketones is 1. The van der Waals surface area contributed by atoms with Crippen molar-refractivity contribution in [1.29, 1.82) is 0 Å². The average molecular weight is 481 g/mol. The molecule has 0 saturated heterocycles. The number of rotatable bonds is 5. The fourth-order valence-corrected chi connectivity index (χ4v) is 8.32. The summed E-state index contributed by atoms with van der Waals surface area (Å²) in [5.74, 6) is -0.948. The minimum atomic E-state index is -1.46. The van der Waals surface area contributed by atoms with Crippen molar-refractivity contribution in [2.45, 2.75) is 121 Å². The second-order valence-electron chi connectivity index (χ2n) is 13.2. The van der Waals surface area contributed by atoms with Gasteiger partial charge in [0.05, 0.1) is 35.1 Å². The van der Waals surface area contributed by atoms with E-state index in [1.54, 1.807) is 26.8 Å². The molecule has 0 aliphatic heterocycles. The van der Waals surface area contributed by atoms with Crippen LogP contribution in [-0.4, -0.2) is 71.5 Å². The van der Waals surface area contributed by atoms with Gasteiger partial charge in [0.2, 0.25) is 0 Å². The highest BCUT2D eigenvalue weighted by molar-refractivity contribution is 5.95. The van der Waals surface area contributed by atoms with E-state index in [-0.39, 0.29) is 36.4 Å². The van der Waals surface area contributed by atoms with Crippen LogP contribution in [0.4, 0.5) is 0 Å². The number of hydrogen-bond donors (Lipinski definition) is 6. The SMILES string of the molecule is CC(C)(O)CCC(O)[C@](C)(O)C1CC[C@@]2(O)C3=CC(=O)[C@@H]4C[C@@H](O)[C@@H](O)C[C@]4(C)[C@H]3CC[C@]12C. The predicted molar refractivity (Wildman–Crippen MR) is 127 cm³/mol. The Balaban J connectivity index is 1.66. The summed E-state index contributed by atoms with van der Waals surface area (Å²) in [6.45, 7) is 8.96. The smallest absolute Gasteiger partial charge is 0.159 e. The lowest BCUT2D eigenvalue weighted by molar-refractivity contribution is -0.177. The van der Waals surface area contributed by atoms with Crippen molar-refractivity contribution in [1.82, 2.24) is 0 Å². The normalized spacial score (nSPS) is 47.2. The van der Waals surface area contributed by atoms with Crippen LogP contribution >= 0.6 is 0 Å². The van der Waals surface area contributed by atoms with Gasteiger partial charge in [0, 0.05) is 11.3 Å². The highest BCUT2D eigenvalue weighted by Crippen LogP contribution is 2.68. The molecule has 0 amide bonds. The highest BCUT2D eigenvalue weighted by atomic mass is 16.3. The van der Waals surface area contributed by atoms with E-state index in [1.807, 2.05) is 13.8 Å². The zero-order valence-electron chi connectivity index (χ0n) is 21.3. The molecular formula is C27H44O7. The van der Waals surface area contributed by atoms with Gasteiger partial charge in [0.1, 0.15) is 0 Å². The molecule has 0 bridgehead atoms. The first kappa shape index (κ1) is 26.2. The van der Waals surface area contributed by atoms with E-state index in [2.05, 4.69) is 0 Å².